The fourth-order valence-corrected chi connectivity index (χ4v) is 8.50. The van der Waals surface area contributed by atoms with Gasteiger partial charge in [0.25, 0.3) is 0 Å². The van der Waals surface area contributed by atoms with Gasteiger partial charge in [0.15, 0.2) is 0 Å². The molecule has 0 spiro atoms. The predicted octanol–water partition coefficient (Wildman–Crippen LogP) is 2.42. The van der Waals surface area contributed by atoms with Gasteiger partial charge in [-0.15, -0.1) is 0 Å². The maximum atomic E-state index is 12.4. The molecule has 1 aromatic rings. The molecule has 0 amide bonds. The first-order valence-corrected chi connectivity index (χ1v) is 12.6. The standard InChI is InChI=1S/C26H35NO8/c1-23-8-5-19-20(26(23,33)11-7-18(23)16-2-3-22(31)34-13-16)6-10-25(32)12-17(28)4-9-24(19,25)15-27-35-14-21(29)30/h2-3,13,15,17-20,28,32-33H,4-12,14H2,1H3,(H,29,30)/b27-15+/t17-,18+,19-,20+,23+,24-,25-,26-/m0/s1. The molecule has 9 heteroatoms. The number of fused-ring (bicyclic) bond motifs is 5. The second-order valence-corrected chi connectivity index (χ2v) is 11.5. The van der Waals surface area contributed by atoms with E-state index < -0.39 is 46.3 Å². The number of carbonyl (C=O) groups is 1. The Balaban J connectivity index is 1.50. The summed E-state index contributed by atoms with van der Waals surface area (Å²) in [6.45, 7) is 1.56. The Morgan fingerprint density at radius 1 is 1.14 bits per heavy atom. The van der Waals surface area contributed by atoms with Gasteiger partial charge >= 0.3 is 11.6 Å². The van der Waals surface area contributed by atoms with Crippen LogP contribution in [0.15, 0.2) is 32.8 Å². The fourth-order valence-electron chi connectivity index (χ4n) is 8.50. The lowest BCUT2D eigenvalue weighted by molar-refractivity contribution is -0.236. The smallest absolute Gasteiger partial charge is 0.344 e. The zero-order chi connectivity index (χ0) is 25.1. The molecule has 0 aliphatic heterocycles. The molecule has 0 unspecified atom stereocenters. The van der Waals surface area contributed by atoms with Crippen molar-refractivity contribution in [3.05, 3.63) is 34.4 Å². The van der Waals surface area contributed by atoms with Gasteiger partial charge < -0.3 is 29.7 Å². The number of hydrogen-bond donors (Lipinski definition) is 4. The molecule has 8 atom stereocenters. The third-order valence-corrected chi connectivity index (χ3v) is 10.2. The molecule has 4 fully saturated rings. The van der Waals surface area contributed by atoms with Crippen molar-refractivity contribution in [3.63, 3.8) is 0 Å². The molecule has 0 aromatic carbocycles. The van der Waals surface area contributed by atoms with Gasteiger partial charge in [-0.1, -0.05) is 12.1 Å². The van der Waals surface area contributed by atoms with E-state index in [0.29, 0.717) is 32.1 Å². The van der Waals surface area contributed by atoms with E-state index in [0.717, 1.165) is 24.8 Å². The summed E-state index contributed by atoms with van der Waals surface area (Å²) in [5, 5.41) is 47.5. The zero-order valence-electron chi connectivity index (χ0n) is 20.1. The van der Waals surface area contributed by atoms with Crippen molar-refractivity contribution in [2.24, 2.45) is 27.8 Å². The van der Waals surface area contributed by atoms with Crippen LogP contribution < -0.4 is 5.63 Å². The minimum absolute atomic E-state index is 0.0512. The Bertz CT molecular complexity index is 1050. The molecule has 0 radical (unpaired) electrons. The minimum Gasteiger partial charge on any atom is -0.479 e. The number of carboxylic acids is 1. The summed E-state index contributed by atoms with van der Waals surface area (Å²) in [6, 6.07) is 3.23. The zero-order valence-corrected chi connectivity index (χ0v) is 20.1. The largest absolute Gasteiger partial charge is 0.479 e. The highest BCUT2D eigenvalue weighted by atomic mass is 16.6. The summed E-state index contributed by atoms with van der Waals surface area (Å²) in [6.07, 6.45) is 7.61. The molecule has 1 heterocycles. The highest BCUT2D eigenvalue weighted by molar-refractivity contribution is 5.70. The molecular formula is C26H35NO8. The van der Waals surface area contributed by atoms with Crippen LogP contribution in [0.5, 0.6) is 0 Å². The number of nitrogens with zero attached hydrogens (tertiary/aromatic N) is 1. The number of carboxylic acid groups (broad SMARTS) is 1. The van der Waals surface area contributed by atoms with Crippen LogP contribution in [0, 0.1) is 22.7 Å². The van der Waals surface area contributed by atoms with E-state index in [9.17, 15) is 24.9 Å². The van der Waals surface area contributed by atoms with Crippen molar-refractivity contribution in [2.75, 3.05) is 6.61 Å². The minimum atomic E-state index is -1.20. The first kappa shape index (κ1) is 24.5. The predicted molar refractivity (Wildman–Crippen MR) is 125 cm³/mol. The van der Waals surface area contributed by atoms with Gasteiger partial charge in [0.2, 0.25) is 6.61 Å². The third kappa shape index (κ3) is 3.57. The summed E-state index contributed by atoms with van der Waals surface area (Å²) in [4.78, 5) is 27.4. The van der Waals surface area contributed by atoms with Crippen LogP contribution in [0.25, 0.3) is 0 Å². The molecule has 1 aromatic heterocycles. The van der Waals surface area contributed by atoms with Gasteiger partial charge in [-0.3, -0.25) is 0 Å². The number of aliphatic hydroxyl groups excluding tert-OH is 1. The monoisotopic (exact) mass is 489 g/mol. The van der Waals surface area contributed by atoms with Crippen molar-refractivity contribution in [2.45, 2.75) is 87.9 Å². The van der Waals surface area contributed by atoms with E-state index in [1.807, 2.05) is 0 Å². The summed E-state index contributed by atoms with van der Waals surface area (Å²) < 4.78 is 5.15. The average molecular weight is 490 g/mol. The van der Waals surface area contributed by atoms with Crippen molar-refractivity contribution >= 4 is 12.2 Å². The highest BCUT2D eigenvalue weighted by Crippen LogP contribution is 2.71. The maximum Gasteiger partial charge on any atom is 0.344 e. The topological polar surface area (TPSA) is 150 Å². The van der Waals surface area contributed by atoms with Crippen molar-refractivity contribution < 1.29 is 34.5 Å². The SMILES string of the molecule is C[C@]12CC[C@H]3[C@@H](CC[C@]4(O)C[C@@H](O)CC[C@]34/C=N/OCC(=O)O)[C@@]1(O)CC[C@@H]2c1ccc(=O)oc1. The second-order valence-electron chi connectivity index (χ2n) is 11.5. The number of oxime groups is 1. The van der Waals surface area contributed by atoms with Gasteiger partial charge in [0, 0.05) is 23.3 Å². The van der Waals surface area contributed by atoms with Crippen molar-refractivity contribution in [1.29, 1.82) is 0 Å². The first-order chi connectivity index (χ1) is 16.5. The summed E-state index contributed by atoms with van der Waals surface area (Å²) in [5.74, 6) is -1.26. The van der Waals surface area contributed by atoms with Crippen molar-refractivity contribution in [1.82, 2.24) is 0 Å². The lowest BCUT2D eigenvalue weighted by atomic mass is 9.41. The molecule has 4 saturated carbocycles. The Morgan fingerprint density at radius 3 is 2.63 bits per heavy atom. The van der Waals surface area contributed by atoms with E-state index >= 15 is 0 Å². The number of aliphatic carboxylic acids is 1. The van der Waals surface area contributed by atoms with Crippen LogP contribution in [0.1, 0.15) is 76.2 Å². The summed E-state index contributed by atoms with van der Waals surface area (Å²) >= 11 is 0. The molecule has 0 saturated heterocycles. The first-order valence-electron chi connectivity index (χ1n) is 12.6. The Labute approximate surface area is 203 Å². The van der Waals surface area contributed by atoms with Crippen molar-refractivity contribution in [3.8, 4) is 0 Å². The Hall–Kier alpha value is -2.23. The van der Waals surface area contributed by atoms with Crippen LogP contribution in [0.4, 0.5) is 0 Å². The summed E-state index contributed by atoms with van der Waals surface area (Å²) in [7, 11) is 0. The average Bonchev–Trinajstić information content (AvgIpc) is 3.08. The van der Waals surface area contributed by atoms with Crippen LogP contribution in [-0.4, -0.2) is 56.5 Å². The second kappa shape index (κ2) is 8.42. The molecular weight excluding hydrogens is 454 g/mol. The van der Waals surface area contributed by atoms with Gasteiger partial charge in [-0.25, -0.2) is 9.59 Å². The normalized spacial score (nSPS) is 44.9. The number of aliphatic hydroxyl groups is 3. The van der Waals surface area contributed by atoms with Gasteiger partial charge in [0.05, 0.1) is 29.8 Å². The lowest BCUT2D eigenvalue weighted by Gasteiger charge is -2.65. The van der Waals surface area contributed by atoms with E-state index in [-0.39, 0.29) is 24.2 Å². The van der Waals surface area contributed by atoms with Gasteiger partial charge in [-0.05, 0) is 80.8 Å². The van der Waals surface area contributed by atoms with Gasteiger partial charge in [0.1, 0.15) is 0 Å². The Morgan fingerprint density at radius 2 is 1.91 bits per heavy atom. The molecule has 4 aliphatic carbocycles. The highest BCUT2D eigenvalue weighted by Gasteiger charge is 2.70. The molecule has 35 heavy (non-hydrogen) atoms. The maximum absolute atomic E-state index is 12.4. The number of rotatable bonds is 5. The fraction of sp³-hybridized carbons (Fsp3) is 0.731. The molecule has 9 nitrogen and oxygen atoms in total. The summed E-state index contributed by atoms with van der Waals surface area (Å²) in [5.41, 5.74) is -2.89. The van der Waals surface area contributed by atoms with E-state index in [4.69, 9.17) is 14.4 Å². The molecule has 0 bridgehead atoms. The van der Waals surface area contributed by atoms with E-state index in [2.05, 4.69) is 12.1 Å². The van der Waals surface area contributed by atoms with E-state index in [1.54, 1.807) is 12.3 Å². The van der Waals surface area contributed by atoms with Gasteiger partial charge in [-0.2, -0.15) is 0 Å². The van der Waals surface area contributed by atoms with Crippen LogP contribution in [-0.2, 0) is 9.63 Å². The Kier molecular flexibility index (Phi) is 5.89. The quantitative estimate of drug-likeness (QED) is 0.364. The molecule has 4 aliphatic rings. The number of hydrogen-bond acceptors (Lipinski definition) is 8. The molecule has 192 valence electrons. The van der Waals surface area contributed by atoms with Crippen LogP contribution >= 0.6 is 0 Å². The molecule has 4 N–H and O–H groups in total. The van der Waals surface area contributed by atoms with Crippen LogP contribution in [0.3, 0.4) is 0 Å². The van der Waals surface area contributed by atoms with Crippen LogP contribution in [0.2, 0.25) is 0 Å². The van der Waals surface area contributed by atoms with E-state index in [1.165, 1.54) is 12.3 Å². The lowest BCUT2D eigenvalue weighted by Crippen LogP contribution is -2.68. The third-order valence-electron chi connectivity index (χ3n) is 10.2. The molecule has 5 rings (SSSR count).